The number of aliphatic hydroxyl groups excluding tert-OH is 1. The fraction of sp³-hybridized carbons (Fsp3) is 0.588. The summed E-state index contributed by atoms with van der Waals surface area (Å²) >= 11 is 0. The zero-order valence-electron chi connectivity index (χ0n) is 15.9. The molecule has 0 aliphatic heterocycles. The van der Waals surface area contributed by atoms with Crippen molar-refractivity contribution >= 4 is 13.1 Å². The van der Waals surface area contributed by atoms with Crippen LogP contribution in [0, 0.1) is 0 Å². The molecular weight excluding hydrogens is 339 g/mol. The summed E-state index contributed by atoms with van der Waals surface area (Å²) in [5.41, 5.74) is 6.13. The van der Waals surface area contributed by atoms with Gasteiger partial charge in [-0.15, -0.1) is 0 Å². The molecular formula is C17H33BN2O6. The smallest absolute Gasteiger partial charge is 0.451 e. The van der Waals surface area contributed by atoms with E-state index in [9.17, 15) is 10.2 Å². The molecule has 0 radical (unpaired) electrons. The molecule has 0 aromatic heterocycles. The minimum absolute atomic E-state index is 0.174. The van der Waals surface area contributed by atoms with Gasteiger partial charge in [0.2, 0.25) is 0 Å². The second-order valence-electron chi connectivity index (χ2n) is 5.80. The van der Waals surface area contributed by atoms with E-state index in [1.807, 2.05) is 18.9 Å². The van der Waals surface area contributed by atoms with E-state index in [2.05, 4.69) is 0 Å². The largest absolute Gasteiger partial charge is 0.508 e. The highest BCUT2D eigenvalue weighted by molar-refractivity contribution is 6.40. The fourth-order valence-corrected chi connectivity index (χ4v) is 1.83. The lowest BCUT2D eigenvalue weighted by molar-refractivity contribution is -0.134. The summed E-state index contributed by atoms with van der Waals surface area (Å²) in [5, 5.41) is 43.0. The van der Waals surface area contributed by atoms with E-state index < -0.39 is 19.2 Å². The summed E-state index contributed by atoms with van der Waals surface area (Å²) in [6.45, 7) is 4.93. The van der Waals surface area contributed by atoms with Crippen molar-refractivity contribution in [3.05, 3.63) is 29.8 Å². The molecule has 9 heteroatoms. The van der Waals surface area contributed by atoms with E-state index in [1.54, 1.807) is 24.3 Å². The zero-order chi connectivity index (χ0) is 20.5. The molecule has 0 spiro atoms. The normalized spacial score (nSPS) is 10.9. The summed E-state index contributed by atoms with van der Waals surface area (Å²) in [6.07, 6.45) is 1.85. The van der Waals surface area contributed by atoms with Crippen molar-refractivity contribution in [1.82, 2.24) is 4.90 Å². The molecule has 0 bridgehead atoms. The molecule has 1 aromatic rings. The molecule has 0 unspecified atom stereocenters. The average Bonchev–Trinajstić information content (AvgIpc) is 2.53. The number of unbranched alkanes of at least 4 members (excludes halogenated alkanes) is 1. The van der Waals surface area contributed by atoms with Crippen molar-refractivity contribution in [2.75, 3.05) is 26.7 Å². The first kappa shape index (κ1) is 26.6. The number of carboxylic acid groups (broad SMARTS) is 1. The molecule has 0 saturated heterocycles. The van der Waals surface area contributed by atoms with E-state index in [0.29, 0.717) is 19.4 Å². The number of hydrogen-bond donors (Lipinski definition) is 6. The summed E-state index contributed by atoms with van der Waals surface area (Å²) in [6, 6.07) is 6.66. The standard InChI is InChI=1S/C11H18N2O2.C4H11BO2.C2H4O2/c1-13(6-5-12)8-11(15)9-3-2-4-10(14)7-9;1-2-3-4-5(6)7;1-2(3)4/h2-4,7,11,14-15H,5-6,8,12H2,1H3;6-7H,2-4H2,1H3;1H3,(H,3,4)/t11-;;/m1../s1. The lowest BCUT2D eigenvalue weighted by atomic mass is 9.84. The number of likely N-dealkylation sites (N-methyl/N-ethyl adjacent to an activating group) is 1. The predicted molar refractivity (Wildman–Crippen MR) is 103 cm³/mol. The second-order valence-corrected chi connectivity index (χ2v) is 5.80. The number of hydrogen-bond acceptors (Lipinski definition) is 7. The molecule has 0 aliphatic rings. The number of aliphatic hydroxyl groups is 1. The highest BCUT2D eigenvalue weighted by Crippen LogP contribution is 2.18. The van der Waals surface area contributed by atoms with Crippen LogP contribution in [0.3, 0.4) is 0 Å². The van der Waals surface area contributed by atoms with Crippen LogP contribution in [0.4, 0.5) is 0 Å². The average molecular weight is 372 g/mol. The number of nitrogens with zero attached hydrogens (tertiary/aromatic N) is 1. The van der Waals surface area contributed by atoms with Crippen LogP contribution in [0.15, 0.2) is 24.3 Å². The van der Waals surface area contributed by atoms with Crippen LogP contribution in [0.5, 0.6) is 5.75 Å². The third kappa shape index (κ3) is 18.7. The Morgan fingerprint density at radius 1 is 1.35 bits per heavy atom. The number of phenolic OH excluding ortho intramolecular Hbond substituents is 1. The van der Waals surface area contributed by atoms with E-state index in [4.69, 9.17) is 25.7 Å². The van der Waals surface area contributed by atoms with Gasteiger partial charge in [-0.05, 0) is 31.1 Å². The molecule has 0 heterocycles. The highest BCUT2D eigenvalue weighted by Gasteiger charge is 2.10. The first-order valence-electron chi connectivity index (χ1n) is 8.55. The van der Waals surface area contributed by atoms with Crippen LogP contribution in [0.25, 0.3) is 0 Å². The quantitative estimate of drug-likeness (QED) is 0.365. The van der Waals surface area contributed by atoms with Crippen LogP contribution in [0.1, 0.15) is 38.4 Å². The number of aromatic hydroxyl groups is 1. The molecule has 0 saturated carbocycles. The molecule has 26 heavy (non-hydrogen) atoms. The highest BCUT2D eigenvalue weighted by atomic mass is 16.4. The van der Waals surface area contributed by atoms with Gasteiger partial charge in [0.15, 0.2) is 0 Å². The van der Waals surface area contributed by atoms with Crippen molar-refractivity contribution in [1.29, 1.82) is 0 Å². The maximum atomic E-state index is 9.85. The zero-order valence-corrected chi connectivity index (χ0v) is 15.9. The Labute approximate surface area is 156 Å². The summed E-state index contributed by atoms with van der Waals surface area (Å²) in [4.78, 5) is 11.0. The monoisotopic (exact) mass is 372 g/mol. The van der Waals surface area contributed by atoms with Crippen LogP contribution < -0.4 is 5.73 Å². The number of nitrogens with two attached hydrogens (primary N) is 1. The topological polar surface area (TPSA) is 147 Å². The van der Waals surface area contributed by atoms with E-state index in [-0.39, 0.29) is 5.75 Å². The van der Waals surface area contributed by atoms with Crippen LogP contribution in [-0.4, -0.2) is 70.0 Å². The Hall–Kier alpha value is -1.65. The van der Waals surface area contributed by atoms with E-state index in [1.165, 1.54) is 0 Å². The van der Waals surface area contributed by atoms with Crippen molar-refractivity contribution in [3.63, 3.8) is 0 Å². The first-order valence-corrected chi connectivity index (χ1v) is 8.55. The van der Waals surface area contributed by atoms with Gasteiger partial charge in [0, 0.05) is 26.6 Å². The maximum Gasteiger partial charge on any atom is 0.451 e. The number of carboxylic acids is 1. The van der Waals surface area contributed by atoms with Gasteiger partial charge in [-0.25, -0.2) is 0 Å². The molecule has 1 aromatic carbocycles. The predicted octanol–water partition coefficient (Wildman–Crippen LogP) is 0.666. The van der Waals surface area contributed by atoms with Crippen molar-refractivity contribution in [2.45, 2.75) is 39.1 Å². The summed E-state index contributed by atoms with van der Waals surface area (Å²) in [5.74, 6) is -0.659. The van der Waals surface area contributed by atoms with Gasteiger partial charge in [-0.3, -0.25) is 4.79 Å². The van der Waals surface area contributed by atoms with Gasteiger partial charge in [-0.1, -0.05) is 31.9 Å². The maximum absolute atomic E-state index is 9.85. The van der Waals surface area contributed by atoms with Crippen LogP contribution in [-0.2, 0) is 4.79 Å². The molecule has 0 amide bonds. The lowest BCUT2D eigenvalue weighted by Gasteiger charge is -2.19. The van der Waals surface area contributed by atoms with E-state index >= 15 is 0 Å². The number of rotatable bonds is 8. The Kier molecular flexibility index (Phi) is 17.2. The number of carbonyl (C=O) groups is 1. The first-order chi connectivity index (χ1) is 12.1. The number of phenols is 1. The minimum Gasteiger partial charge on any atom is -0.508 e. The van der Waals surface area contributed by atoms with Gasteiger partial charge in [0.1, 0.15) is 5.75 Å². The number of aliphatic carboxylic acids is 1. The summed E-state index contributed by atoms with van der Waals surface area (Å²) < 4.78 is 0. The van der Waals surface area contributed by atoms with Gasteiger partial charge < -0.3 is 36.0 Å². The van der Waals surface area contributed by atoms with Gasteiger partial charge in [0.05, 0.1) is 6.10 Å². The molecule has 150 valence electrons. The molecule has 1 rings (SSSR count). The van der Waals surface area contributed by atoms with Gasteiger partial charge >= 0.3 is 7.12 Å². The Bertz CT molecular complexity index is 472. The van der Waals surface area contributed by atoms with Crippen molar-refractivity contribution in [2.24, 2.45) is 5.73 Å². The second kappa shape index (κ2) is 16.8. The molecule has 8 nitrogen and oxygen atoms in total. The Balaban J connectivity index is 0. The van der Waals surface area contributed by atoms with Gasteiger partial charge in [0.25, 0.3) is 5.97 Å². The van der Waals surface area contributed by atoms with Crippen LogP contribution >= 0.6 is 0 Å². The molecule has 1 atom stereocenters. The molecule has 0 fully saturated rings. The minimum atomic E-state index is -1.10. The SMILES string of the molecule is CC(=O)O.CCCCB(O)O.CN(CCN)C[C@@H](O)c1cccc(O)c1. The Morgan fingerprint density at radius 3 is 2.31 bits per heavy atom. The summed E-state index contributed by atoms with van der Waals surface area (Å²) in [7, 11) is 0.804. The third-order valence-electron chi connectivity index (χ3n) is 3.07. The third-order valence-corrected chi connectivity index (χ3v) is 3.07. The molecule has 7 N–H and O–H groups in total. The number of benzene rings is 1. The van der Waals surface area contributed by atoms with Crippen LogP contribution in [0.2, 0.25) is 6.32 Å². The Morgan fingerprint density at radius 2 is 1.92 bits per heavy atom. The van der Waals surface area contributed by atoms with Gasteiger partial charge in [-0.2, -0.15) is 0 Å². The van der Waals surface area contributed by atoms with Crippen molar-refractivity contribution in [3.8, 4) is 5.75 Å². The fourth-order valence-electron chi connectivity index (χ4n) is 1.83. The lowest BCUT2D eigenvalue weighted by Crippen LogP contribution is -2.29. The molecule has 0 aliphatic carbocycles. The van der Waals surface area contributed by atoms with Crippen molar-refractivity contribution < 1.29 is 30.2 Å². The van der Waals surface area contributed by atoms with E-state index in [0.717, 1.165) is 31.9 Å².